The molecule has 0 amide bonds. The Morgan fingerprint density at radius 1 is 1.27 bits per heavy atom. The Labute approximate surface area is 126 Å². The van der Waals surface area contributed by atoms with Crippen LogP contribution in [0.15, 0.2) is 6.33 Å². The van der Waals surface area contributed by atoms with E-state index in [1.54, 1.807) is 4.52 Å². The normalized spacial score (nSPS) is 23.0. The van der Waals surface area contributed by atoms with Crippen LogP contribution >= 0.6 is 0 Å². The SMILES string of the molecule is Cc1nc2ncnn2c(NC2CCCC(C(F)(F)F)C2)c1C. The van der Waals surface area contributed by atoms with Crippen LogP contribution in [-0.2, 0) is 0 Å². The van der Waals surface area contributed by atoms with Gasteiger partial charge in [0.05, 0.1) is 5.92 Å². The lowest BCUT2D eigenvalue weighted by molar-refractivity contribution is -0.182. The fourth-order valence-corrected chi connectivity index (χ4v) is 3.01. The second-order valence-corrected chi connectivity index (χ2v) is 5.89. The van der Waals surface area contributed by atoms with Gasteiger partial charge in [-0.3, -0.25) is 0 Å². The minimum Gasteiger partial charge on any atom is -0.367 e. The van der Waals surface area contributed by atoms with Gasteiger partial charge < -0.3 is 5.32 Å². The lowest BCUT2D eigenvalue weighted by Crippen LogP contribution is -2.35. The summed E-state index contributed by atoms with van der Waals surface area (Å²) >= 11 is 0. The molecule has 2 heterocycles. The van der Waals surface area contributed by atoms with Crippen LogP contribution in [0.2, 0.25) is 0 Å². The highest BCUT2D eigenvalue weighted by atomic mass is 19.4. The van der Waals surface area contributed by atoms with Crippen molar-refractivity contribution in [1.82, 2.24) is 19.6 Å². The number of anilines is 1. The molecule has 2 aromatic heterocycles. The summed E-state index contributed by atoms with van der Waals surface area (Å²) in [6.45, 7) is 3.74. The van der Waals surface area contributed by atoms with Gasteiger partial charge in [0, 0.05) is 17.3 Å². The van der Waals surface area contributed by atoms with Crippen LogP contribution < -0.4 is 5.32 Å². The van der Waals surface area contributed by atoms with E-state index in [-0.39, 0.29) is 18.9 Å². The maximum Gasteiger partial charge on any atom is 0.391 e. The number of hydrogen-bond acceptors (Lipinski definition) is 4. The molecular weight excluding hydrogens is 295 g/mol. The van der Waals surface area contributed by atoms with Crippen LogP contribution in [-0.4, -0.2) is 31.8 Å². The quantitative estimate of drug-likeness (QED) is 0.924. The molecule has 0 aliphatic heterocycles. The van der Waals surface area contributed by atoms with Crippen molar-refractivity contribution in [2.45, 2.75) is 51.7 Å². The van der Waals surface area contributed by atoms with Crippen LogP contribution in [0.25, 0.3) is 5.78 Å². The highest BCUT2D eigenvalue weighted by Gasteiger charge is 2.42. The Hall–Kier alpha value is -1.86. The largest absolute Gasteiger partial charge is 0.391 e. The van der Waals surface area contributed by atoms with Crippen LogP contribution in [0.4, 0.5) is 19.0 Å². The first-order valence-electron chi connectivity index (χ1n) is 7.36. The van der Waals surface area contributed by atoms with Gasteiger partial charge >= 0.3 is 6.18 Å². The van der Waals surface area contributed by atoms with Crippen molar-refractivity contribution in [3.05, 3.63) is 17.6 Å². The highest BCUT2D eigenvalue weighted by molar-refractivity contribution is 5.52. The third kappa shape index (κ3) is 2.74. The number of fused-ring (bicyclic) bond motifs is 1. The van der Waals surface area contributed by atoms with E-state index in [9.17, 15) is 13.2 Å². The van der Waals surface area contributed by atoms with E-state index < -0.39 is 12.1 Å². The molecule has 0 radical (unpaired) electrons. The molecule has 0 saturated heterocycles. The first-order chi connectivity index (χ1) is 10.4. The Morgan fingerprint density at radius 3 is 2.77 bits per heavy atom. The van der Waals surface area contributed by atoms with Gasteiger partial charge in [0.15, 0.2) is 0 Å². The van der Waals surface area contributed by atoms with Crippen LogP contribution in [0.5, 0.6) is 0 Å². The third-order valence-corrected chi connectivity index (χ3v) is 4.39. The molecule has 2 atom stereocenters. The topological polar surface area (TPSA) is 55.1 Å². The molecule has 5 nitrogen and oxygen atoms in total. The summed E-state index contributed by atoms with van der Waals surface area (Å²) in [6, 6.07) is -0.215. The number of alkyl halides is 3. The zero-order valence-corrected chi connectivity index (χ0v) is 12.5. The van der Waals surface area contributed by atoms with Crippen LogP contribution in [0.3, 0.4) is 0 Å². The van der Waals surface area contributed by atoms with Crippen LogP contribution in [0.1, 0.15) is 36.9 Å². The van der Waals surface area contributed by atoms with Crippen molar-refractivity contribution in [1.29, 1.82) is 0 Å². The summed E-state index contributed by atoms with van der Waals surface area (Å²) in [5.41, 5.74) is 1.68. The van der Waals surface area contributed by atoms with E-state index >= 15 is 0 Å². The number of halogens is 3. The lowest BCUT2D eigenvalue weighted by Gasteiger charge is -2.32. The van der Waals surface area contributed by atoms with Crippen molar-refractivity contribution in [3.63, 3.8) is 0 Å². The van der Waals surface area contributed by atoms with Crippen molar-refractivity contribution in [2.75, 3.05) is 5.32 Å². The van der Waals surface area contributed by atoms with Gasteiger partial charge in [0.1, 0.15) is 12.1 Å². The fraction of sp³-hybridized carbons (Fsp3) is 0.643. The lowest BCUT2D eigenvalue weighted by atomic mass is 9.85. The molecule has 3 rings (SSSR count). The number of nitrogens with zero attached hydrogens (tertiary/aromatic N) is 4. The zero-order chi connectivity index (χ0) is 15.9. The van der Waals surface area contributed by atoms with Gasteiger partial charge in [-0.2, -0.15) is 27.8 Å². The molecular formula is C14H18F3N5. The van der Waals surface area contributed by atoms with Gasteiger partial charge in [-0.25, -0.2) is 4.98 Å². The molecule has 1 aliphatic carbocycles. The van der Waals surface area contributed by atoms with E-state index in [2.05, 4.69) is 20.4 Å². The molecule has 0 aromatic carbocycles. The Balaban J connectivity index is 1.87. The summed E-state index contributed by atoms with van der Waals surface area (Å²) in [6.07, 6.45) is -1.11. The second kappa shape index (κ2) is 5.40. The molecule has 0 spiro atoms. The van der Waals surface area contributed by atoms with Crippen LogP contribution in [0, 0.1) is 19.8 Å². The summed E-state index contributed by atoms with van der Waals surface area (Å²) in [5, 5.41) is 7.35. The molecule has 1 fully saturated rings. The Kier molecular flexibility index (Phi) is 3.70. The van der Waals surface area contributed by atoms with Gasteiger partial charge in [0.2, 0.25) is 0 Å². The number of rotatable bonds is 2. The van der Waals surface area contributed by atoms with E-state index in [0.717, 1.165) is 17.7 Å². The van der Waals surface area contributed by atoms with E-state index in [1.165, 1.54) is 6.33 Å². The average molecular weight is 313 g/mol. The number of aryl methyl sites for hydroxylation is 1. The van der Waals surface area contributed by atoms with E-state index in [4.69, 9.17) is 0 Å². The number of hydrogen-bond donors (Lipinski definition) is 1. The first-order valence-corrected chi connectivity index (χ1v) is 7.36. The van der Waals surface area contributed by atoms with Crippen molar-refractivity contribution in [2.24, 2.45) is 5.92 Å². The summed E-state index contributed by atoms with van der Waals surface area (Å²) in [7, 11) is 0. The third-order valence-electron chi connectivity index (χ3n) is 4.39. The van der Waals surface area contributed by atoms with Gasteiger partial charge in [-0.15, -0.1) is 0 Å². The zero-order valence-electron chi connectivity index (χ0n) is 12.5. The molecule has 2 unspecified atom stereocenters. The molecule has 22 heavy (non-hydrogen) atoms. The van der Waals surface area contributed by atoms with E-state index in [1.807, 2.05) is 13.8 Å². The maximum atomic E-state index is 12.9. The summed E-state index contributed by atoms with van der Waals surface area (Å²) in [4.78, 5) is 8.36. The van der Waals surface area contributed by atoms with Gasteiger partial charge in [-0.05, 0) is 33.1 Å². The number of nitrogens with one attached hydrogen (secondary N) is 1. The fourth-order valence-electron chi connectivity index (χ4n) is 3.01. The molecule has 1 N–H and O–H groups in total. The molecule has 8 heteroatoms. The standard InChI is InChI=1S/C14H18F3N5/c1-8-9(2)20-13-18-7-19-22(13)12(8)21-11-5-3-4-10(6-11)14(15,16)17/h7,10-11,21H,3-6H2,1-2H3. The maximum absolute atomic E-state index is 12.9. The Bertz CT molecular complexity index is 679. The molecule has 1 aliphatic rings. The summed E-state index contributed by atoms with van der Waals surface area (Å²) in [5.74, 6) is -0.0881. The minimum absolute atomic E-state index is 0.0977. The smallest absolute Gasteiger partial charge is 0.367 e. The Morgan fingerprint density at radius 2 is 2.05 bits per heavy atom. The van der Waals surface area contributed by atoms with Crippen molar-refractivity contribution < 1.29 is 13.2 Å². The molecule has 120 valence electrons. The van der Waals surface area contributed by atoms with Gasteiger partial charge in [0.25, 0.3) is 5.78 Å². The van der Waals surface area contributed by atoms with E-state index in [0.29, 0.717) is 18.0 Å². The monoisotopic (exact) mass is 313 g/mol. The van der Waals surface area contributed by atoms with Crippen molar-refractivity contribution >= 4 is 11.6 Å². The molecule has 1 saturated carbocycles. The molecule has 0 bridgehead atoms. The predicted octanol–water partition coefficient (Wildman–Crippen LogP) is 3.27. The highest BCUT2D eigenvalue weighted by Crippen LogP contribution is 2.38. The average Bonchev–Trinajstić information content (AvgIpc) is 2.91. The predicted molar refractivity (Wildman–Crippen MR) is 75.7 cm³/mol. The van der Waals surface area contributed by atoms with Crippen molar-refractivity contribution in [3.8, 4) is 0 Å². The minimum atomic E-state index is -4.12. The number of aromatic nitrogens is 4. The second-order valence-electron chi connectivity index (χ2n) is 5.89. The first kappa shape index (κ1) is 15.1. The molecule has 2 aromatic rings. The summed E-state index contributed by atoms with van der Waals surface area (Å²) < 4.78 is 40.4. The van der Waals surface area contributed by atoms with Gasteiger partial charge in [-0.1, -0.05) is 6.42 Å².